The quantitative estimate of drug-likeness (QED) is 0.631. The van der Waals surface area contributed by atoms with E-state index in [0.29, 0.717) is 11.8 Å². The molecule has 1 saturated carbocycles. The molecule has 1 aliphatic rings. The van der Waals surface area contributed by atoms with Crippen LogP contribution in [0, 0.1) is 0 Å². The van der Waals surface area contributed by atoms with Crippen molar-refractivity contribution in [2.24, 2.45) is 0 Å². The third kappa shape index (κ3) is 2.31. The first-order chi connectivity index (χ1) is 10.6. The van der Waals surface area contributed by atoms with Crippen molar-refractivity contribution < 1.29 is 8.78 Å². The van der Waals surface area contributed by atoms with Crippen LogP contribution in [0.2, 0.25) is 0 Å². The van der Waals surface area contributed by atoms with Gasteiger partial charge in [-0.05, 0) is 39.9 Å². The fourth-order valence-corrected chi connectivity index (χ4v) is 3.36. The second-order valence-electron chi connectivity index (χ2n) is 5.52. The molecule has 0 saturated heterocycles. The molecule has 1 aromatic carbocycles. The zero-order chi connectivity index (χ0) is 15.3. The molecule has 6 heteroatoms. The number of nitrogens with zero attached hydrogens (tertiary/aromatic N) is 3. The Bertz CT molecular complexity index is 829. The Balaban J connectivity index is 1.64. The van der Waals surface area contributed by atoms with Gasteiger partial charge in [0.1, 0.15) is 4.60 Å². The molecule has 1 fully saturated rings. The number of benzene rings is 1. The van der Waals surface area contributed by atoms with Crippen molar-refractivity contribution in [3.8, 4) is 0 Å². The summed E-state index contributed by atoms with van der Waals surface area (Å²) in [6.07, 6.45) is 0.316. The van der Waals surface area contributed by atoms with E-state index in [2.05, 4.69) is 26.0 Å². The summed E-state index contributed by atoms with van der Waals surface area (Å²) in [5.41, 5.74) is 3.08. The summed E-state index contributed by atoms with van der Waals surface area (Å²) in [6.45, 7) is 0. The lowest BCUT2D eigenvalue weighted by Gasteiger charge is -2.06. The third-order valence-corrected chi connectivity index (χ3v) is 4.55. The fourth-order valence-electron chi connectivity index (χ4n) is 2.95. The minimum Gasteiger partial charge on any atom is -0.222 e. The maximum atomic E-state index is 12.6. The Labute approximate surface area is 134 Å². The van der Waals surface area contributed by atoms with Crippen LogP contribution >= 0.6 is 15.9 Å². The molecular formula is C16H12BrF2N3. The SMILES string of the molecule is FC(F)c1ccc([C@H]2C[C@@H]2c2cc(Br)nc3ccnn23)cc1. The average Bonchev–Trinajstić information content (AvgIpc) is 3.17. The zero-order valence-electron chi connectivity index (χ0n) is 11.5. The summed E-state index contributed by atoms with van der Waals surface area (Å²) in [5, 5.41) is 4.32. The van der Waals surface area contributed by atoms with Gasteiger partial charge in [0, 0.05) is 17.5 Å². The molecule has 2 atom stereocenters. The molecule has 2 heterocycles. The van der Waals surface area contributed by atoms with Crippen molar-refractivity contribution in [2.45, 2.75) is 24.7 Å². The predicted octanol–water partition coefficient (Wildman–Crippen LogP) is 4.70. The number of alkyl halides is 2. The van der Waals surface area contributed by atoms with E-state index in [1.807, 2.05) is 28.8 Å². The second-order valence-corrected chi connectivity index (χ2v) is 6.33. The van der Waals surface area contributed by atoms with E-state index in [1.165, 1.54) is 12.1 Å². The highest BCUT2D eigenvalue weighted by molar-refractivity contribution is 9.10. The zero-order valence-corrected chi connectivity index (χ0v) is 13.0. The van der Waals surface area contributed by atoms with Crippen LogP contribution < -0.4 is 0 Å². The highest BCUT2D eigenvalue weighted by Gasteiger charge is 2.41. The van der Waals surface area contributed by atoms with Gasteiger partial charge in [-0.1, -0.05) is 24.3 Å². The fraction of sp³-hybridized carbons (Fsp3) is 0.250. The van der Waals surface area contributed by atoms with E-state index in [4.69, 9.17) is 0 Å². The van der Waals surface area contributed by atoms with Crippen LogP contribution in [0.15, 0.2) is 47.2 Å². The molecule has 0 bridgehead atoms. The normalized spacial score (nSPS) is 20.7. The van der Waals surface area contributed by atoms with Crippen LogP contribution in [0.1, 0.15) is 41.5 Å². The highest BCUT2D eigenvalue weighted by atomic mass is 79.9. The first kappa shape index (κ1) is 13.8. The van der Waals surface area contributed by atoms with Crippen LogP contribution in [0.4, 0.5) is 8.78 Å². The van der Waals surface area contributed by atoms with E-state index in [1.54, 1.807) is 6.20 Å². The molecule has 0 radical (unpaired) electrons. The van der Waals surface area contributed by atoms with Crippen molar-refractivity contribution in [1.29, 1.82) is 0 Å². The van der Waals surface area contributed by atoms with Crippen molar-refractivity contribution in [2.75, 3.05) is 0 Å². The Morgan fingerprint density at radius 2 is 1.91 bits per heavy atom. The van der Waals surface area contributed by atoms with Gasteiger partial charge < -0.3 is 0 Å². The van der Waals surface area contributed by atoms with Crippen LogP contribution in [0.25, 0.3) is 5.65 Å². The topological polar surface area (TPSA) is 30.2 Å². The molecule has 22 heavy (non-hydrogen) atoms. The number of aromatic nitrogens is 3. The van der Waals surface area contributed by atoms with Gasteiger partial charge in [-0.2, -0.15) is 5.10 Å². The van der Waals surface area contributed by atoms with Gasteiger partial charge in [0.25, 0.3) is 6.43 Å². The Kier molecular flexibility index (Phi) is 3.22. The molecule has 2 aromatic heterocycles. The Morgan fingerprint density at radius 1 is 1.14 bits per heavy atom. The first-order valence-electron chi connectivity index (χ1n) is 7.01. The first-order valence-corrected chi connectivity index (χ1v) is 7.81. The van der Waals surface area contributed by atoms with E-state index in [9.17, 15) is 8.78 Å². The standard InChI is InChI=1S/C16H12BrF2N3/c17-14-8-13(22-15(21-14)5-6-20-22)12-7-11(12)9-1-3-10(4-2-9)16(18)19/h1-6,8,11-12,16H,7H2/t11-,12+/m1/s1. The summed E-state index contributed by atoms with van der Waals surface area (Å²) >= 11 is 3.43. The molecule has 3 nitrogen and oxygen atoms in total. The maximum absolute atomic E-state index is 12.6. The lowest BCUT2D eigenvalue weighted by atomic mass is 10.1. The number of rotatable bonds is 3. The maximum Gasteiger partial charge on any atom is 0.263 e. The van der Waals surface area contributed by atoms with E-state index >= 15 is 0 Å². The number of fused-ring (bicyclic) bond motifs is 1. The lowest BCUT2D eigenvalue weighted by molar-refractivity contribution is 0.151. The molecule has 3 aromatic rings. The van der Waals surface area contributed by atoms with Gasteiger partial charge in [-0.15, -0.1) is 0 Å². The predicted molar refractivity (Wildman–Crippen MR) is 82.2 cm³/mol. The van der Waals surface area contributed by atoms with Crippen LogP contribution in [0.3, 0.4) is 0 Å². The summed E-state index contributed by atoms with van der Waals surface area (Å²) in [4.78, 5) is 4.37. The smallest absolute Gasteiger partial charge is 0.222 e. The van der Waals surface area contributed by atoms with Crippen molar-refractivity contribution >= 4 is 21.6 Å². The Morgan fingerprint density at radius 3 is 2.64 bits per heavy atom. The van der Waals surface area contributed by atoms with E-state index < -0.39 is 6.43 Å². The minimum atomic E-state index is -2.41. The summed E-state index contributed by atoms with van der Waals surface area (Å²) in [7, 11) is 0. The van der Waals surface area contributed by atoms with Crippen molar-refractivity contribution in [1.82, 2.24) is 14.6 Å². The third-order valence-electron chi connectivity index (χ3n) is 4.14. The van der Waals surface area contributed by atoms with E-state index in [0.717, 1.165) is 27.9 Å². The monoisotopic (exact) mass is 363 g/mol. The van der Waals surface area contributed by atoms with Gasteiger partial charge in [-0.3, -0.25) is 0 Å². The summed E-state index contributed by atoms with van der Waals surface area (Å²) < 4.78 is 27.9. The highest BCUT2D eigenvalue weighted by Crippen LogP contribution is 2.54. The van der Waals surface area contributed by atoms with Gasteiger partial charge in [0.15, 0.2) is 5.65 Å². The molecule has 1 aliphatic carbocycles. The van der Waals surface area contributed by atoms with Gasteiger partial charge in [0.2, 0.25) is 0 Å². The Hall–Kier alpha value is -1.82. The second kappa shape index (κ2) is 5.12. The summed E-state index contributed by atoms with van der Waals surface area (Å²) in [6, 6.07) is 10.5. The number of hydrogen-bond acceptors (Lipinski definition) is 2. The van der Waals surface area contributed by atoms with Gasteiger partial charge in [0.05, 0.1) is 11.9 Å². The average molecular weight is 364 g/mol. The van der Waals surface area contributed by atoms with Crippen molar-refractivity contribution in [3.05, 3.63) is 64.0 Å². The number of hydrogen-bond donors (Lipinski definition) is 0. The molecular weight excluding hydrogens is 352 g/mol. The van der Waals surface area contributed by atoms with Crippen LogP contribution in [0.5, 0.6) is 0 Å². The molecule has 0 spiro atoms. The van der Waals surface area contributed by atoms with Gasteiger partial charge in [-0.25, -0.2) is 18.3 Å². The van der Waals surface area contributed by atoms with E-state index in [-0.39, 0.29) is 5.56 Å². The number of halogens is 3. The van der Waals surface area contributed by atoms with Gasteiger partial charge >= 0.3 is 0 Å². The molecule has 0 aliphatic heterocycles. The largest absolute Gasteiger partial charge is 0.263 e. The molecule has 4 rings (SSSR count). The lowest BCUT2D eigenvalue weighted by Crippen LogP contribution is -2.00. The van der Waals surface area contributed by atoms with Crippen LogP contribution in [-0.2, 0) is 0 Å². The molecule has 0 N–H and O–H groups in total. The molecule has 0 unspecified atom stereocenters. The molecule has 0 amide bonds. The molecule has 112 valence electrons. The minimum absolute atomic E-state index is 0.0714. The van der Waals surface area contributed by atoms with Crippen molar-refractivity contribution in [3.63, 3.8) is 0 Å². The summed E-state index contributed by atoms with van der Waals surface area (Å²) in [5.74, 6) is 0.701. The van der Waals surface area contributed by atoms with Crippen LogP contribution in [-0.4, -0.2) is 14.6 Å².